The molecule has 9 heteroatoms. The number of nitrogens with zero attached hydrogens (tertiary/aromatic N) is 2. The van der Waals surface area contributed by atoms with Crippen LogP contribution in [0.15, 0.2) is 42.5 Å². The summed E-state index contributed by atoms with van der Waals surface area (Å²) < 4.78 is 26.5. The number of unbranched alkanes of at least 4 members (excludes halogenated alkanes) is 1. The van der Waals surface area contributed by atoms with Crippen LogP contribution in [0.3, 0.4) is 0 Å². The second-order valence-corrected chi connectivity index (χ2v) is 11.5. The maximum atomic E-state index is 13.3. The van der Waals surface area contributed by atoms with Crippen molar-refractivity contribution in [2.24, 2.45) is 0 Å². The molecule has 2 aromatic rings. The van der Waals surface area contributed by atoms with Crippen LogP contribution >= 0.6 is 11.6 Å². The molecule has 1 N–H and O–H groups in total. The van der Waals surface area contributed by atoms with Gasteiger partial charge >= 0.3 is 0 Å². The predicted octanol–water partition coefficient (Wildman–Crippen LogP) is 4.84. The molecule has 1 atom stereocenters. The molecule has 0 aliphatic rings. The fraction of sp³-hybridized carbons (Fsp3) is 0.481. The molecule has 0 aromatic heterocycles. The van der Waals surface area contributed by atoms with Gasteiger partial charge in [0.1, 0.15) is 6.04 Å². The highest BCUT2D eigenvalue weighted by Crippen LogP contribution is 2.25. The van der Waals surface area contributed by atoms with Gasteiger partial charge in [-0.3, -0.25) is 13.9 Å². The third-order valence-corrected chi connectivity index (χ3v) is 7.44. The van der Waals surface area contributed by atoms with E-state index in [1.54, 1.807) is 25.1 Å². The van der Waals surface area contributed by atoms with Gasteiger partial charge in [-0.2, -0.15) is 0 Å². The Morgan fingerprint density at radius 1 is 1.08 bits per heavy atom. The number of aryl methyl sites for hydroxylation is 2. The van der Waals surface area contributed by atoms with Crippen molar-refractivity contribution in [3.63, 3.8) is 0 Å². The Hall–Kier alpha value is -2.58. The highest BCUT2D eigenvalue weighted by Gasteiger charge is 2.27. The average Bonchev–Trinajstić information content (AvgIpc) is 2.81. The van der Waals surface area contributed by atoms with Crippen LogP contribution in [0.25, 0.3) is 0 Å². The normalized spacial score (nSPS) is 12.2. The minimum absolute atomic E-state index is 0.101. The van der Waals surface area contributed by atoms with E-state index in [1.165, 1.54) is 15.5 Å². The lowest BCUT2D eigenvalue weighted by atomic mass is 10.1. The number of halogens is 1. The number of rotatable bonds is 13. The second-order valence-electron chi connectivity index (χ2n) is 9.20. The summed E-state index contributed by atoms with van der Waals surface area (Å²) in [7, 11) is -3.54. The molecule has 0 fully saturated rings. The molecule has 0 unspecified atom stereocenters. The van der Waals surface area contributed by atoms with Crippen LogP contribution in [0.1, 0.15) is 56.2 Å². The number of nitrogens with one attached hydrogen (secondary N) is 1. The summed E-state index contributed by atoms with van der Waals surface area (Å²) in [5, 5.41) is 3.45. The number of sulfonamides is 1. The summed E-state index contributed by atoms with van der Waals surface area (Å²) in [4.78, 5) is 27.6. The molecule has 198 valence electrons. The van der Waals surface area contributed by atoms with Crippen molar-refractivity contribution in [3.8, 4) is 0 Å². The lowest BCUT2D eigenvalue weighted by Gasteiger charge is -2.29. The van der Waals surface area contributed by atoms with Gasteiger partial charge < -0.3 is 10.2 Å². The summed E-state index contributed by atoms with van der Waals surface area (Å²) in [6.45, 7) is 8.48. The monoisotopic (exact) mass is 535 g/mol. The molecule has 0 radical (unpaired) electrons. The molecule has 36 heavy (non-hydrogen) atoms. The van der Waals surface area contributed by atoms with Crippen molar-refractivity contribution >= 4 is 39.1 Å². The fourth-order valence-electron chi connectivity index (χ4n) is 3.92. The summed E-state index contributed by atoms with van der Waals surface area (Å²) in [5.74, 6) is -0.436. The van der Waals surface area contributed by atoms with Gasteiger partial charge in [0.05, 0.1) is 11.9 Å². The van der Waals surface area contributed by atoms with Crippen LogP contribution in [0, 0.1) is 13.8 Å². The summed E-state index contributed by atoms with van der Waals surface area (Å²) in [5.41, 5.74) is 3.23. The molecular weight excluding hydrogens is 498 g/mol. The molecule has 0 saturated heterocycles. The summed E-state index contributed by atoms with van der Waals surface area (Å²) >= 11 is 6.13. The average molecular weight is 536 g/mol. The van der Waals surface area contributed by atoms with E-state index >= 15 is 0 Å². The number of hydrogen-bond donors (Lipinski definition) is 1. The van der Waals surface area contributed by atoms with Gasteiger partial charge in [-0.1, -0.05) is 49.2 Å². The zero-order chi connectivity index (χ0) is 26.9. The number of anilines is 1. The molecule has 2 rings (SSSR count). The van der Waals surface area contributed by atoms with Crippen LogP contribution in [0.2, 0.25) is 5.02 Å². The van der Waals surface area contributed by atoms with Crippen molar-refractivity contribution in [2.45, 2.75) is 66.0 Å². The van der Waals surface area contributed by atoms with Crippen molar-refractivity contribution in [2.75, 3.05) is 23.7 Å². The first-order valence-electron chi connectivity index (χ1n) is 12.3. The Morgan fingerprint density at radius 2 is 1.81 bits per heavy atom. The maximum absolute atomic E-state index is 13.3. The van der Waals surface area contributed by atoms with Crippen molar-refractivity contribution < 1.29 is 18.0 Å². The first-order chi connectivity index (χ1) is 16.9. The first kappa shape index (κ1) is 29.6. The smallest absolute Gasteiger partial charge is 0.242 e. The Bertz CT molecular complexity index is 1150. The predicted molar refractivity (Wildman–Crippen MR) is 147 cm³/mol. The molecule has 0 aliphatic carbocycles. The molecule has 2 amide bonds. The number of hydrogen-bond acceptors (Lipinski definition) is 4. The van der Waals surface area contributed by atoms with Gasteiger partial charge in [-0.05, 0) is 68.5 Å². The van der Waals surface area contributed by atoms with Gasteiger partial charge in [0.2, 0.25) is 21.8 Å². The Balaban J connectivity index is 2.18. The molecule has 0 bridgehead atoms. The van der Waals surface area contributed by atoms with E-state index in [2.05, 4.69) is 5.32 Å². The minimum atomic E-state index is -3.54. The molecule has 0 saturated carbocycles. The van der Waals surface area contributed by atoms with E-state index in [0.717, 1.165) is 29.5 Å². The van der Waals surface area contributed by atoms with Crippen molar-refractivity contribution in [1.29, 1.82) is 0 Å². The second kappa shape index (κ2) is 13.7. The molecule has 0 heterocycles. The van der Waals surface area contributed by atoms with Crippen LogP contribution < -0.4 is 9.62 Å². The van der Waals surface area contributed by atoms with Gasteiger partial charge in [0.15, 0.2) is 0 Å². The molecule has 2 aromatic carbocycles. The summed E-state index contributed by atoms with van der Waals surface area (Å²) in [6, 6.07) is 12.2. The quantitative estimate of drug-likeness (QED) is 0.372. The van der Waals surface area contributed by atoms with Crippen LogP contribution in [-0.2, 0) is 26.2 Å². The number of carbonyl (C=O) groups is 2. The standard InChI is InChI=1S/C27H38ClN3O4S/c1-6-7-15-29-27(33)22(4)30(19-23-10-8-11-24(28)18-23)26(32)12-9-16-31(36(5,34)35)25-17-20(2)13-14-21(25)3/h8,10-11,13-14,17-18,22H,6-7,9,12,15-16,19H2,1-5H3,(H,29,33)/t22-/m1/s1. The van der Waals surface area contributed by atoms with E-state index in [1.807, 2.05) is 45.0 Å². The van der Waals surface area contributed by atoms with Gasteiger partial charge in [0, 0.05) is 31.1 Å². The number of benzene rings is 2. The lowest BCUT2D eigenvalue weighted by Crippen LogP contribution is -2.48. The van der Waals surface area contributed by atoms with E-state index < -0.39 is 16.1 Å². The lowest BCUT2D eigenvalue weighted by molar-refractivity contribution is -0.140. The van der Waals surface area contributed by atoms with E-state index in [0.29, 0.717) is 23.7 Å². The number of carbonyl (C=O) groups excluding carboxylic acids is 2. The number of amides is 2. The van der Waals surface area contributed by atoms with Crippen molar-refractivity contribution in [3.05, 3.63) is 64.2 Å². The third-order valence-electron chi connectivity index (χ3n) is 6.02. The third kappa shape index (κ3) is 8.82. The van der Waals surface area contributed by atoms with Gasteiger partial charge in [-0.25, -0.2) is 8.42 Å². The topological polar surface area (TPSA) is 86.8 Å². The largest absolute Gasteiger partial charge is 0.354 e. The van der Waals surface area contributed by atoms with Gasteiger partial charge in [0.25, 0.3) is 0 Å². The fourth-order valence-corrected chi connectivity index (χ4v) is 5.15. The zero-order valence-corrected chi connectivity index (χ0v) is 23.5. The van der Waals surface area contributed by atoms with Crippen LogP contribution in [0.4, 0.5) is 5.69 Å². The first-order valence-corrected chi connectivity index (χ1v) is 14.5. The summed E-state index contributed by atoms with van der Waals surface area (Å²) in [6.07, 6.45) is 3.40. The maximum Gasteiger partial charge on any atom is 0.242 e. The van der Waals surface area contributed by atoms with Crippen LogP contribution in [-0.4, -0.2) is 50.5 Å². The zero-order valence-electron chi connectivity index (χ0n) is 21.9. The molecular formula is C27H38ClN3O4S. The van der Waals surface area contributed by atoms with E-state index in [4.69, 9.17) is 11.6 Å². The highest BCUT2D eigenvalue weighted by atomic mass is 35.5. The van der Waals surface area contributed by atoms with Crippen LogP contribution in [0.5, 0.6) is 0 Å². The Morgan fingerprint density at radius 3 is 2.44 bits per heavy atom. The molecule has 0 spiro atoms. The minimum Gasteiger partial charge on any atom is -0.354 e. The van der Waals surface area contributed by atoms with E-state index in [-0.39, 0.29) is 31.3 Å². The van der Waals surface area contributed by atoms with Gasteiger partial charge in [-0.15, -0.1) is 0 Å². The Kier molecular flexibility index (Phi) is 11.2. The highest BCUT2D eigenvalue weighted by molar-refractivity contribution is 7.92. The van der Waals surface area contributed by atoms with Crippen molar-refractivity contribution in [1.82, 2.24) is 10.2 Å². The van der Waals surface area contributed by atoms with E-state index in [9.17, 15) is 18.0 Å². The Labute approximate surface area is 220 Å². The molecule has 7 nitrogen and oxygen atoms in total. The molecule has 0 aliphatic heterocycles. The SMILES string of the molecule is CCCCNC(=O)[C@@H](C)N(Cc1cccc(Cl)c1)C(=O)CCCN(c1cc(C)ccc1C)S(C)(=O)=O.